The van der Waals surface area contributed by atoms with Crippen molar-refractivity contribution < 1.29 is 29.7 Å². The van der Waals surface area contributed by atoms with Crippen LogP contribution in [0.3, 0.4) is 0 Å². The average Bonchev–Trinajstić information content (AvgIpc) is 2.01. The molecular weight excluding hydrogens is 396 g/mol. The summed E-state index contributed by atoms with van der Waals surface area (Å²) >= 11 is 7.32. The molecule has 0 aliphatic heterocycles. The Kier molecular flexibility index (Phi) is 4.11. The lowest BCUT2D eigenvalue weighted by molar-refractivity contribution is -0.155. The first-order chi connectivity index (χ1) is 6.08. The quantitative estimate of drug-likeness (QED) is 0.478. The van der Waals surface area contributed by atoms with E-state index < -0.39 is 25.5 Å². The third-order valence-electron chi connectivity index (χ3n) is 1.29. The number of alkyl halides is 3. The standard InChI is InChI=1S/C5H3Br3O6/c6-4(1(9)10,2(11)12)5(7,8)3(13)14/h(H,9,10)(H,11,12)(H,13,14). The predicted octanol–water partition coefficient (Wildman–Crippen LogP) is 0.860. The molecule has 6 nitrogen and oxygen atoms in total. The van der Waals surface area contributed by atoms with Gasteiger partial charge in [0.1, 0.15) is 0 Å². The normalized spacial score (nSPS) is 12.2. The van der Waals surface area contributed by atoms with E-state index in [0.29, 0.717) is 0 Å². The van der Waals surface area contributed by atoms with Gasteiger partial charge in [0.15, 0.2) is 0 Å². The van der Waals surface area contributed by atoms with Crippen molar-refractivity contribution in [2.45, 2.75) is 7.56 Å². The van der Waals surface area contributed by atoms with E-state index in [1.807, 2.05) is 0 Å². The van der Waals surface area contributed by atoms with Gasteiger partial charge in [0, 0.05) is 0 Å². The van der Waals surface area contributed by atoms with E-state index in [-0.39, 0.29) is 0 Å². The topological polar surface area (TPSA) is 112 Å². The van der Waals surface area contributed by atoms with Crippen LogP contribution in [0.5, 0.6) is 0 Å². The van der Waals surface area contributed by atoms with Crippen LogP contribution in [0.15, 0.2) is 0 Å². The van der Waals surface area contributed by atoms with Crippen LogP contribution in [0, 0.1) is 0 Å². The van der Waals surface area contributed by atoms with Crippen molar-refractivity contribution in [2.75, 3.05) is 0 Å². The molecule has 0 aliphatic rings. The zero-order chi connectivity index (χ0) is 11.7. The molecule has 0 radical (unpaired) electrons. The minimum Gasteiger partial charge on any atom is -0.480 e. The molecule has 3 N–H and O–H groups in total. The van der Waals surface area contributed by atoms with Gasteiger partial charge in [-0.2, -0.15) is 0 Å². The summed E-state index contributed by atoms with van der Waals surface area (Å²) < 4.78 is -5.05. The number of carboxylic acid groups (broad SMARTS) is 3. The van der Waals surface area contributed by atoms with Crippen molar-refractivity contribution in [3.8, 4) is 0 Å². The maximum absolute atomic E-state index is 10.7. The summed E-state index contributed by atoms with van der Waals surface area (Å²) in [6.45, 7) is 0. The molecule has 0 aromatic carbocycles. The van der Waals surface area contributed by atoms with Crippen molar-refractivity contribution in [2.24, 2.45) is 0 Å². The number of halogens is 3. The highest BCUT2D eigenvalue weighted by Gasteiger charge is 2.64. The number of carbonyl (C=O) groups is 3. The van der Waals surface area contributed by atoms with Gasteiger partial charge in [-0.05, 0) is 0 Å². The Labute approximate surface area is 103 Å². The summed E-state index contributed by atoms with van der Waals surface area (Å²) in [7, 11) is 0. The average molecular weight is 399 g/mol. The molecular formula is C5H3Br3O6. The second-order valence-electron chi connectivity index (χ2n) is 2.15. The maximum atomic E-state index is 10.7. The number of hydrogen-bond donors (Lipinski definition) is 3. The van der Waals surface area contributed by atoms with Gasteiger partial charge in [0.2, 0.25) is 3.23 Å². The summed E-state index contributed by atoms with van der Waals surface area (Å²) in [5, 5.41) is 25.9. The first kappa shape index (κ1) is 13.8. The molecule has 0 rings (SSSR count). The zero-order valence-corrected chi connectivity index (χ0v) is 11.0. The lowest BCUT2D eigenvalue weighted by Gasteiger charge is -2.27. The van der Waals surface area contributed by atoms with Crippen LogP contribution < -0.4 is 0 Å². The van der Waals surface area contributed by atoms with Crippen LogP contribution >= 0.6 is 47.8 Å². The van der Waals surface area contributed by atoms with Crippen molar-refractivity contribution in [1.29, 1.82) is 0 Å². The Bertz CT molecular complexity index is 284. The first-order valence-corrected chi connectivity index (χ1v) is 5.23. The monoisotopic (exact) mass is 396 g/mol. The summed E-state index contributed by atoms with van der Waals surface area (Å²) in [5.41, 5.74) is 0. The van der Waals surface area contributed by atoms with Gasteiger partial charge in [-0.25, -0.2) is 14.4 Å². The van der Waals surface area contributed by atoms with Crippen LogP contribution in [0.4, 0.5) is 0 Å². The van der Waals surface area contributed by atoms with E-state index in [4.69, 9.17) is 15.3 Å². The molecule has 0 aromatic rings. The molecule has 9 heteroatoms. The fourth-order valence-electron chi connectivity index (χ4n) is 0.507. The Hall–Kier alpha value is -0.150. The van der Waals surface area contributed by atoms with Crippen molar-refractivity contribution in [3.05, 3.63) is 0 Å². The summed E-state index contributed by atoms with van der Waals surface area (Å²) in [4.78, 5) is 32.0. The third-order valence-corrected chi connectivity index (χ3v) is 5.50. The van der Waals surface area contributed by atoms with E-state index in [2.05, 4.69) is 47.8 Å². The molecule has 0 spiro atoms. The van der Waals surface area contributed by atoms with E-state index in [1.165, 1.54) is 0 Å². The largest absolute Gasteiger partial charge is 0.480 e. The Morgan fingerprint density at radius 1 is 0.786 bits per heavy atom. The summed E-state index contributed by atoms with van der Waals surface area (Å²) in [6.07, 6.45) is 0. The Balaban J connectivity index is 5.55. The van der Waals surface area contributed by atoms with Gasteiger partial charge in [-0.3, -0.25) is 0 Å². The number of rotatable bonds is 4. The van der Waals surface area contributed by atoms with Gasteiger partial charge in [-0.15, -0.1) is 0 Å². The third kappa shape index (κ3) is 1.94. The molecule has 0 atom stereocenters. The molecule has 0 aromatic heterocycles. The van der Waals surface area contributed by atoms with E-state index >= 15 is 0 Å². The fraction of sp³-hybridized carbons (Fsp3) is 0.400. The van der Waals surface area contributed by atoms with Gasteiger partial charge >= 0.3 is 17.9 Å². The first-order valence-electron chi connectivity index (χ1n) is 2.85. The summed E-state index contributed by atoms with van der Waals surface area (Å²) in [6, 6.07) is 0. The summed E-state index contributed by atoms with van der Waals surface area (Å²) in [5.74, 6) is -5.37. The Morgan fingerprint density at radius 3 is 1.14 bits per heavy atom. The van der Waals surface area contributed by atoms with Gasteiger partial charge < -0.3 is 15.3 Å². The SMILES string of the molecule is O=C(O)C(Br)(Br)C(Br)(C(=O)O)C(=O)O. The van der Waals surface area contributed by atoms with Crippen molar-refractivity contribution >= 4 is 65.7 Å². The van der Waals surface area contributed by atoms with Crippen molar-refractivity contribution in [1.82, 2.24) is 0 Å². The zero-order valence-electron chi connectivity index (χ0n) is 6.20. The molecule has 0 fully saturated rings. The molecule has 0 amide bonds. The van der Waals surface area contributed by atoms with Crippen LogP contribution in [-0.4, -0.2) is 40.8 Å². The molecule has 0 saturated heterocycles. The Morgan fingerprint density at radius 2 is 1.07 bits per heavy atom. The van der Waals surface area contributed by atoms with E-state index in [0.717, 1.165) is 0 Å². The molecule has 0 saturated carbocycles. The lowest BCUT2D eigenvalue weighted by atomic mass is 10.1. The molecule has 14 heavy (non-hydrogen) atoms. The van der Waals surface area contributed by atoms with Crippen LogP contribution in [0.25, 0.3) is 0 Å². The number of hydrogen-bond acceptors (Lipinski definition) is 3. The van der Waals surface area contributed by atoms with Gasteiger partial charge in [-0.1, -0.05) is 47.8 Å². The van der Waals surface area contributed by atoms with Crippen LogP contribution in [0.2, 0.25) is 0 Å². The second-order valence-corrected chi connectivity index (χ2v) is 6.78. The van der Waals surface area contributed by atoms with Crippen LogP contribution in [-0.2, 0) is 14.4 Å². The molecule has 80 valence electrons. The highest BCUT2D eigenvalue weighted by molar-refractivity contribution is 9.26. The highest BCUT2D eigenvalue weighted by atomic mass is 79.9. The number of aliphatic carboxylic acids is 3. The van der Waals surface area contributed by atoms with Crippen LogP contribution in [0.1, 0.15) is 0 Å². The minimum atomic E-state index is -2.70. The molecule has 0 bridgehead atoms. The smallest absolute Gasteiger partial charge is 0.335 e. The predicted molar refractivity (Wildman–Crippen MR) is 55.2 cm³/mol. The lowest BCUT2D eigenvalue weighted by Crippen LogP contribution is -2.57. The van der Waals surface area contributed by atoms with Gasteiger partial charge in [0.05, 0.1) is 0 Å². The fourth-order valence-corrected chi connectivity index (χ4v) is 1.36. The highest BCUT2D eigenvalue weighted by Crippen LogP contribution is 2.44. The molecule has 0 unspecified atom stereocenters. The van der Waals surface area contributed by atoms with Crippen molar-refractivity contribution in [3.63, 3.8) is 0 Å². The molecule has 0 heterocycles. The minimum absolute atomic E-state index is 1.68. The van der Waals surface area contributed by atoms with E-state index in [9.17, 15) is 14.4 Å². The van der Waals surface area contributed by atoms with E-state index in [1.54, 1.807) is 0 Å². The number of carboxylic acids is 3. The van der Waals surface area contributed by atoms with Gasteiger partial charge in [0.25, 0.3) is 4.32 Å². The maximum Gasteiger partial charge on any atom is 0.335 e. The second kappa shape index (κ2) is 4.15. The molecule has 0 aliphatic carbocycles.